The van der Waals surface area contributed by atoms with E-state index in [-0.39, 0.29) is 24.0 Å². The fraction of sp³-hybridized carbons (Fsp3) is 0.562. The van der Waals surface area contributed by atoms with Crippen molar-refractivity contribution in [3.05, 3.63) is 34.9 Å². The number of rotatable bonds is 7. The van der Waals surface area contributed by atoms with E-state index >= 15 is 0 Å². The lowest BCUT2D eigenvalue weighted by Gasteiger charge is -2.12. The summed E-state index contributed by atoms with van der Waals surface area (Å²) in [6, 6.07) is 6.72. The molecule has 3 nitrogen and oxygen atoms in total. The second-order valence-corrected chi connectivity index (χ2v) is 6.00. The lowest BCUT2D eigenvalue weighted by atomic mass is 10.1. The second-order valence-electron chi connectivity index (χ2n) is 5.02. The van der Waals surface area contributed by atoms with Crippen LogP contribution >= 0.6 is 35.7 Å². The topological polar surface area (TPSA) is 36.4 Å². The monoisotopic (exact) mass is 421 g/mol. The van der Waals surface area contributed by atoms with E-state index in [0.29, 0.717) is 0 Å². The summed E-state index contributed by atoms with van der Waals surface area (Å²) in [7, 11) is 1.82. The largest absolute Gasteiger partial charge is 0.356 e. The number of halogens is 1. The average molecular weight is 421 g/mol. The van der Waals surface area contributed by atoms with E-state index in [1.165, 1.54) is 28.9 Å². The third-order valence-corrected chi connectivity index (χ3v) is 3.73. The van der Waals surface area contributed by atoms with Gasteiger partial charge in [0.2, 0.25) is 0 Å². The third-order valence-electron chi connectivity index (χ3n) is 3.03. The standard InChI is InChI=1S/C16H27N3S.HI/c1-13-10-14(2)12-15(11-13)6-8-19-16(17-3)18-7-5-9-20-4;/h10-12H,5-9H2,1-4H3,(H2,17,18,19);1H. The molecule has 0 heterocycles. The van der Waals surface area contributed by atoms with Crippen LogP contribution < -0.4 is 10.6 Å². The molecule has 5 heteroatoms. The van der Waals surface area contributed by atoms with E-state index in [0.717, 1.165) is 25.5 Å². The molecular formula is C16H28IN3S. The highest BCUT2D eigenvalue weighted by molar-refractivity contribution is 14.0. The van der Waals surface area contributed by atoms with Crippen molar-refractivity contribution in [3.8, 4) is 0 Å². The number of aliphatic imine (C=N–C) groups is 1. The number of benzene rings is 1. The van der Waals surface area contributed by atoms with Crippen molar-refractivity contribution in [3.63, 3.8) is 0 Å². The molecule has 0 fully saturated rings. The Hall–Kier alpha value is -0.430. The molecule has 1 aromatic rings. The van der Waals surface area contributed by atoms with E-state index in [1.807, 2.05) is 18.8 Å². The summed E-state index contributed by atoms with van der Waals surface area (Å²) in [6.45, 7) is 6.18. The Labute approximate surface area is 150 Å². The predicted octanol–water partition coefficient (Wildman–Crippen LogP) is 3.38. The third kappa shape index (κ3) is 9.24. The SMILES string of the molecule is CN=C(NCCCSC)NCCc1cc(C)cc(C)c1.I. The minimum absolute atomic E-state index is 0. The number of hydrogen-bond donors (Lipinski definition) is 2. The zero-order valence-electron chi connectivity index (χ0n) is 13.5. The number of nitrogens with one attached hydrogen (secondary N) is 2. The van der Waals surface area contributed by atoms with Crippen LogP contribution in [0.25, 0.3) is 0 Å². The van der Waals surface area contributed by atoms with Crippen molar-refractivity contribution in [1.82, 2.24) is 10.6 Å². The van der Waals surface area contributed by atoms with Gasteiger partial charge in [0.25, 0.3) is 0 Å². The van der Waals surface area contributed by atoms with Gasteiger partial charge in [0.1, 0.15) is 0 Å². The van der Waals surface area contributed by atoms with Gasteiger partial charge in [-0.05, 0) is 44.3 Å². The summed E-state index contributed by atoms with van der Waals surface area (Å²) in [5, 5.41) is 6.70. The minimum Gasteiger partial charge on any atom is -0.356 e. The zero-order valence-corrected chi connectivity index (χ0v) is 16.7. The van der Waals surface area contributed by atoms with Crippen LogP contribution in [0.1, 0.15) is 23.1 Å². The molecule has 0 aliphatic heterocycles. The van der Waals surface area contributed by atoms with Crippen LogP contribution in [0.4, 0.5) is 0 Å². The van der Waals surface area contributed by atoms with Crippen molar-refractivity contribution in [2.75, 3.05) is 32.1 Å². The number of aryl methyl sites for hydroxylation is 2. The molecule has 0 saturated heterocycles. The van der Waals surface area contributed by atoms with Gasteiger partial charge in [-0.25, -0.2) is 0 Å². The Morgan fingerprint density at radius 3 is 2.29 bits per heavy atom. The number of hydrogen-bond acceptors (Lipinski definition) is 2. The molecule has 0 atom stereocenters. The Bertz CT molecular complexity index is 415. The molecule has 120 valence electrons. The molecule has 0 saturated carbocycles. The first-order valence-corrected chi connectivity index (χ1v) is 8.55. The number of nitrogens with zero attached hydrogens (tertiary/aromatic N) is 1. The molecule has 0 unspecified atom stereocenters. The molecule has 0 aliphatic carbocycles. The predicted molar refractivity (Wildman–Crippen MR) is 107 cm³/mol. The van der Waals surface area contributed by atoms with Crippen molar-refractivity contribution in [2.45, 2.75) is 26.7 Å². The first-order chi connectivity index (χ1) is 9.65. The second kappa shape index (κ2) is 12.1. The first-order valence-electron chi connectivity index (χ1n) is 7.16. The maximum Gasteiger partial charge on any atom is 0.190 e. The quantitative estimate of drug-likeness (QED) is 0.307. The summed E-state index contributed by atoms with van der Waals surface area (Å²) < 4.78 is 0. The van der Waals surface area contributed by atoms with Gasteiger partial charge in [0.05, 0.1) is 0 Å². The normalized spacial score (nSPS) is 11.0. The van der Waals surface area contributed by atoms with Crippen molar-refractivity contribution in [2.24, 2.45) is 4.99 Å². The van der Waals surface area contributed by atoms with E-state index in [1.54, 1.807) is 0 Å². The molecule has 0 aliphatic rings. The highest BCUT2D eigenvalue weighted by Crippen LogP contribution is 2.08. The lowest BCUT2D eigenvalue weighted by Crippen LogP contribution is -2.38. The number of thioether (sulfide) groups is 1. The highest BCUT2D eigenvalue weighted by atomic mass is 127. The van der Waals surface area contributed by atoms with Crippen molar-refractivity contribution in [1.29, 1.82) is 0 Å². The lowest BCUT2D eigenvalue weighted by molar-refractivity contribution is 0.777. The fourth-order valence-electron chi connectivity index (χ4n) is 2.18. The fourth-order valence-corrected chi connectivity index (χ4v) is 2.62. The van der Waals surface area contributed by atoms with E-state index in [4.69, 9.17) is 0 Å². The summed E-state index contributed by atoms with van der Waals surface area (Å²) in [6.07, 6.45) is 4.32. The minimum atomic E-state index is 0. The first kappa shape index (κ1) is 20.6. The highest BCUT2D eigenvalue weighted by Gasteiger charge is 1.99. The Balaban J connectivity index is 0.00000400. The molecule has 1 aromatic carbocycles. The van der Waals surface area contributed by atoms with Gasteiger partial charge in [0, 0.05) is 20.1 Å². The zero-order chi connectivity index (χ0) is 14.8. The van der Waals surface area contributed by atoms with Crippen LogP contribution in [0, 0.1) is 13.8 Å². The van der Waals surface area contributed by atoms with Crippen molar-refractivity contribution < 1.29 is 0 Å². The van der Waals surface area contributed by atoms with Gasteiger partial charge in [-0.3, -0.25) is 4.99 Å². The van der Waals surface area contributed by atoms with E-state index < -0.39 is 0 Å². The molecule has 0 radical (unpaired) electrons. The van der Waals surface area contributed by atoms with Gasteiger partial charge in [0.15, 0.2) is 5.96 Å². The van der Waals surface area contributed by atoms with Crippen LogP contribution in [0.15, 0.2) is 23.2 Å². The maximum absolute atomic E-state index is 4.24. The molecule has 0 spiro atoms. The smallest absolute Gasteiger partial charge is 0.190 e. The maximum atomic E-state index is 4.24. The van der Waals surface area contributed by atoms with Crippen molar-refractivity contribution >= 4 is 41.7 Å². The van der Waals surface area contributed by atoms with Crippen LogP contribution in [-0.2, 0) is 6.42 Å². The molecule has 21 heavy (non-hydrogen) atoms. The Kier molecular flexibility index (Phi) is 11.9. The molecule has 2 N–H and O–H groups in total. The van der Waals surface area contributed by atoms with Crippen LogP contribution in [0.2, 0.25) is 0 Å². The van der Waals surface area contributed by atoms with Crippen LogP contribution in [-0.4, -0.2) is 38.1 Å². The summed E-state index contributed by atoms with van der Waals surface area (Å²) >= 11 is 1.88. The van der Waals surface area contributed by atoms with Crippen LogP contribution in [0.3, 0.4) is 0 Å². The molecule has 1 rings (SSSR count). The summed E-state index contributed by atoms with van der Waals surface area (Å²) in [5.74, 6) is 2.09. The van der Waals surface area contributed by atoms with Gasteiger partial charge < -0.3 is 10.6 Å². The van der Waals surface area contributed by atoms with Gasteiger partial charge >= 0.3 is 0 Å². The van der Waals surface area contributed by atoms with Gasteiger partial charge in [-0.2, -0.15) is 11.8 Å². The number of guanidine groups is 1. The van der Waals surface area contributed by atoms with E-state index in [9.17, 15) is 0 Å². The Morgan fingerprint density at radius 2 is 1.71 bits per heavy atom. The van der Waals surface area contributed by atoms with E-state index in [2.05, 4.69) is 53.9 Å². The van der Waals surface area contributed by atoms with Gasteiger partial charge in [-0.1, -0.05) is 29.3 Å². The molecule has 0 bridgehead atoms. The molecule has 0 amide bonds. The molecular weight excluding hydrogens is 393 g/mol. The Morgan fingerprint density at radius 1 is 1.10 bits per heavy atom. The van der Waals surface area contributed by atoms with Crippen LogP contribution in [0.5, 0.6) is 0 Å². The van der Waals surface area contributed by atoms with Gasteiger partial charge in [-0.15, -0.1) is 24.0 Å². The summed E-state index contributed by atoms with van der Waals surface area (Å²) in [5.41, 5.74) is 4.05. The summed E-state index contributed by atoms with van der Waals surface area (Å²) in [4.78, 5) is 4.24. The molecule has 0 aromatic heterocycles. The average Bonchev–Trinajstić information content (AvgIpc) is 2.40.